The molecule has 0 unspecified atom stereocenters. The third-order valence-corrected chi connectivity index (χ3v) is 5.68. The molecule has 6 rings (SSSR count). The van der Waals surface area contributed by atoms with Crippen molar-refractivity contribution in [1.29, 1.82) is 0 Å². The van der Waals surface area contributed by atoms with E-state index in [4.69, 9.17) is 5.10 Å². The van der Waals surface area contributed by atoms with Gasteiger partial charge in [0.15, 0.2) is 5.65 Å². The average Bonchev–Trinajstić information content (AvgIpc) is 3.42. The van der Waals surface area contributed by atoms with Gasteiger partial charge in [0.1, 0.15) is 11.5 Å². The summed E-state index contributed by atoms with van der Waals surface area (Å²) in [5.41, 5.74) is 5.67. The Kier molecular flexibility index (Phi) is 2.70. The van der Waals surface area contributed by atoms with Gasteiger partial charge < -0.3 is 0 Å². The number of fused-ring (bicyclic) bond motifs is 6. The van der Waals surface area contributed by atoms with Crippen molar-refractivity contribution in [3.8, 4) is 22.5 Å². The second kappa shape index (κ2) is 4.97. The highest BCUT2D eigenvalue weighted by Crippen LogP contribution is 2.54. The molecule has 7 heteroatoms. The van der Waals surface area contributed by atoms with Gasteiger partial charge in [-0.1, -0.05) is 0 Å². The Morgan fingerprint density at radius 3 is 2.96 bits per heavy atom. The smallest absolute Gasteiger partial charge is 0.155 e. The summed E-state index contributed by atoms with van der Waals surface area (Å²) in [6.07, 6.45) is 8.36. The first-order valence-electron chi connectivity index (χ1n) is 8.82. The Labute approximate surface area is 148 Å². The first-order chi connectivity index (χ1) is 12.8. The minimum absolute atomic E-state index is 0.344. The van der Waals surface area contributed by atoms with Crippen LogP contribution in [-0.4, -0.2) is 29.9 Å². The van der Waals surface area contributed by atoms with Crippen molar-refractivity contribution in [3.05, 3.63) is 48.3 Å². The van der Waals surface area contributed by atoms with E-state index in [1.54, 1.807) is 18.5 Å². The predicted octanol–water partition coefficient (Wildman–Crippen LogP) is 3.84. The Bertz CT molecular complexity index is 1140. The fraction of sp³-hybridized carbons (Fsp3) is 0.263. The van der Waals surface area contributed by atoms with Gasteiger partial charge in [-0.25, -0.2) is 9.37 Å². The summed E-state index contributed by atoms with van der Waals surface area (Å²) in [7, 11) is 0. The monoisotopic (exact) mass is 346 g/mol. The zero-order valence-electron chi connectivity index (χ0n) is 13.9. The first-order valence-corrected chi connectivity index (χ1v) is 8.82. The molecule has 6 nitrogen and oxygen atoms in total. The fourth-order valence-electron chi connectivity index (χ4n) is 4.57. The number of hydrogen-bond donors (Lipinski definition) is 1. The normalized spacial score (nSPS) is 20.8. The van der Waals surface area contributed by atoms with Crippen LogP contribution in [-0.2, 0) is 0 Å². The van der Waals surface area contributed by atoms with Crippen LogP contribution in [0, 0.1) is 5.82 Å². The van der Waals surface area contributed by atoms with Crippen molar-refractivity contribution < 1.29 is 4.39 Å². The van der Waals surface area contributed by atoms with Crippen LogP contribution >= 0.6 is 0 Å². The van der Waals surface area contributed by atoms with Crippen LogP contribution in [0.4, 0.5) is 4.39 Å². The molecule has 4 aromatic heterocycles. The molecule has 2 aliphatic rings. The highest BCUT2D eigenvalue weighted by Gasteiger charge is 2.42. The molecule has 1 N–H and O–H groups in total. The van der Waals surface area contributed by atoms with Gasteiger partial charge in [-0.15, -0.1) is 0 Å². The lowest BCUT2D eigenvalue weighted by Crippen LogP contribution is -2.07. The van der Waals surface area contributed by atoms with Crippen LogP contribution in [0.2, 0.25) is 0 Å². The van der Waals surface area contributed by atoms with E-state index in [1.165, 1.54) is 30.8 Å². The summed E-state index contributed by atoms with van der Waals surface area (Å²) in [6.45, 7) is 0. The molecule has 1 saturated carbocycles. The van der Waals surface area contributed by atoms with Gasteiger partial charge in [-0.05, 0) is 43.0 Å². The van der Waals surface area contributed by atoms with Gasteiger partial charge >= 0.3 is 0 Å². The molecule has 0 amide bonds. The molecule has 5 heterocycles. The number of rotatable bonds is 2. The molecule has 4 aromatic rings. The molecule has 26 heavy (non-hydrogen) atoms. The van der Waals surface area contributed by atoms with Gasteiger partial charge in [0.05, 0.1) is 29.8 Å². The molecular formula is C19H15FN6. The molecule has 128 valence electrons. The average molecular weight is 346 g/mol. The summed E-state index contributed by atoms with van der Waals surface area (Å²) in [6, 6.07) is 5.61. The highest BCUT2D eigenvalue weighted by atomic mass is 19.1. The lowest BCUT2D eigenvalue weighted by Gasteiger charge is -2.14. The van der Waals surface area contributed by atoms with E-state index in [0.29, 0.717) is 17.7 Å². The number of H-pyrrole nitrogens is 1. The van der Waals surface area contributed by atoms with Gasteiger partial charge in [0, 0.05) is 23.1 Å². The minimum Gasteiger partial charge on any atom is -0.265 e. The quantitative estimate of drug-likeness (QED) is 0.598. The summed E-state index contributed by atoms with van der Waals surface area (Å²) < 4.78 is 15.6. The Morgan fingerprint density at radius 1 is 1.12 bits per heavy atom. The van der Waals surface area contributed by atoms with Crippen LogP contribution in [0.15, 0.2) is 36.8 Å². The van der Waals surface area contributed by atoms with Crippen molar-refractivity contribution in [2.24, 2.45) is 0 Å². The SMILES string of the molecule is Fc1ccc(-c2nn3c(c2-c2ccnc4[nH]ncc24)[C@H]2CC[C@@H]3C2)nc1. The van der Waals surface area contributed by atoms with Gasteiger partial charge in [-0.2, -0.15) is 10.2 Å². The summed E-state index contributed by atoms with van der Waals surface area (Å²) in [4.78, 5) is 8.65. The van der Waals surface area contributed by atoms with E-state index in [1.807, 2.05) is 6.07 Å². The van der Waals surface area contributed by atoms with E-state index in [0.717, 1.165) is 34.3 Å². The van der Waals surface area contributed by atoms with Crippen molar-refractivity contribution in [1.82, 2.24) is 29.9 Å². The first kappa shape index (κ1) is 14.1. The van der Waals surface area contributed by atoms with E-state index >= 15 is 0 Å². The summed E-state index contributed by atoms with van der Waals surface area (Å²) >= 11 is 0. The topological polar surface area (TPSA) is 72.3 Å². The number of aromatic amines is 1. The van der Waals surface area contributed by atoms with Crippen molar-refractivity contribution in [3.63, 3.8) is 0 Å². The maximum atomic E-state index is 13.4. The van der Waals surface area contributed by atoms with Gasteiger partial charge in [0.2, 0.25) is 0 Å². The summed E-state index contributed by atoms with van der Waals surface area (Å²) in [5.74, 6) is 0.176. The Morgan fingerprint density at radius 2 is 2.08 bits per heavy atom. The molecule has 1 aliphatic heterocycles. The molecule has 0 aromatic carbocycles. The molecule has 0 saturated heterocycles. The molecular weight excluding hydrogens is 331 g/mol. The number of halogens is 1. The second-order valence-electron chi connectivity index (χ2n) is 7.07. The Hall–Kier alpha value is -3.09. The number of pyridine rings is 2. The van der Waals surface area contributed by atoms with Crippen LogP contribution in [0.5, 0.6) is 0 Å². The largest absolute Gasteiger partial charge is 0.265 e. The molecule has 0 spiro atoms. The number of nitrogens with zero attached hydrogens (tertiary/aromatic N) is 5. The molecule has 2 bridgehead atoms. The fourth-order valence-corrected chi connectivity index (χ4v) is 4.57. The minimum atomic E-state index is -0.344. The second-order valence-corrected chi connectivity index (χ2v) is 7.07. The predicted molar refractivity (Wildman–Crippen MR) is 93.9 cm³/mol. The number of aromatic nitrogens is 6. The van der Waals surface area contributed by atoms with Crippen LogP contribution < -0.4 is 0 Å². The van der Waals surface area contributed by atoms with Crippen molar-refractivity contribution in [2.45, 2.75) is 31.2 Å². The standard InChI is InChI=1S/C19H15FN6/c20-11-2-4-15(22-8-11)17-16(13-5-6-21-19-14(13)9-23-24-19)18-10-1-3-12(7-10)26(18)25-17/h2,4-6,8-10,12H,1,3,7H2,(H,21,23,24)/t10-,12+/m0/s1. The number of nitrogens with one attached hydrogen (secondary N) is 1. The Balaban J connectivity index is 1.68. The van der Waals surface area contributed by atoms with Gasteiger partial charge in [-0.3, -0.25) is 14.8 Å². The van der Waals surface area contributed by atoms with E-state index in [-0.39, 0.29) is 5.82 Å². The summed E-state index contributed by atoms with van der Waals surface area (Å²) in [5, 5.41) is 13.0. The lowest BCUT2D eigenvalue weighted by atomic mass is 9.93. The maximum absolute atomic E-state index is 13.4. The van der Waals surface area contributed by atoms with Gasteiger partial charge in [0.25, 0.3) is 0 Å². The third-order valence-electron chi connectivity index (χ3n) is 5.68. The lowest BCUT2D eigenvalue weighted by molar-refractivity contribution is 0.477. The van der Waals surface area contributed by atoms with Crippen LogP contribution in [0.25, 0.3) is 33.5 Å². The zero-order valence-corrected chi connectivity index (χ0v) is 13.9. The molecule has 1 fully saturated rings. The zero-order chi connectivity index (χ0) is 17.3. The number of hydrogen-bond acceptors (Lipinski definition) is 4. The molecule has 0 radical (unpaired) electrons. The molecule has 1 aliphatic carbocycles. The van der Waals surface area contributed by atoms with E-state index in [2.05, 4.69) is 24.8 Å². The van der Waals surface area contributed by atoms with E-state index < -0.39 is 0 Å². The third kappa shape index (κ3) is 1.80. The van der Waals surface area contributed by atoms with Crippen molar-refractivity contribution >= 4 is 11.0 Å². The van der Waals surface area contributed by atoms with E-state index in [9.17, 15) is 4.39 Å². The maximum Gasteiger partial charge on any atom is 0.155 e. The molecule has 2 atom stereocenters. The van der Waals surface area contributed by atoms with Crippen molar-refractivity contribution in [2.75, 3.05) is 0 Å². The van der Waals surface area contributed by atoms with Crippen LogP contribution in [0.1, 0.15) is 36.9 Å². The van der Waals surface area contributed by atoms with Crippen LogP contribution in [0.3, 0.4) is 0 Å². The highest BCUT2D eigenvalue weighted by molar-refractivity contribution is 5.97.